The Morgan fingerprint density at radius 2 is 1.48 bits per heavy atom. The highest BCUT2D eigenvalue weighted by atomic mass is 16.4. The van der Waals surface area contributed by atoms with Crippen LogP contribution in [0.2, 0.25) is 0 Å². The summed E-state index contributed by atoms with van der Waals surface area (Å²) in [4.78, 5) is 70.0. The summed E-state index contributed by atoms with van der Waals surface area (Å²) in [7, 11) is 0. The van der Waals surface area contributed by atoms with Crippen LogP contribution in [0.5, 0.6) is 0 Å². The highest BCUT2D eigenvalue weighted by Gasteiger charge is 2.32. The minimum Gasteiger partial charge on any atom is -0.481 e. The van der Waals surface area contributed by atoms with Crippen molar-refractivity contribution in [2.75, 3.05) is 0 Å². The predicted octanol–water partition coefficient (Wildman–Crippen LogP) is -2.34. The largest absolute Gasteiger partial charge is 0.481 e. The molecule has 0 aliphatic heterocycles. The normalized spacial score (nSPS) is 15.5. The highest BCUT2D eigenvalue weighted by molar-refractivity contribution is 5.95. The summed E-state index contributed by atoms with van der Waals surface area (Å²) in [5.74, 6) is -6.40. The zero-order chi connectivity index (χ0) is 24.3. The molecule has 5 unspecified atom stereocenters. The fraction of sp³-hybridized carbons (Fsp3) is 0.667. The van der Waals surface area contributed by atoms with Crippen LogP contribution in [-0.4, -0.2) is 69.9 Å². The number of amides is 4. The van der Waals surface area contributed by atoms with Gasteiger partial charge in [-0.05, 0) is 19.3 Å². The number of nitrogens with two attached hydrogens (primary N) is 2. The second-order valence-corrected chi connectivity index (χ2v) is 7.21. The van der Waals surface area contributed by atoms with Crippen LogP contribution in [0.15, 0.2) is 0 Å². The molecular weight excluding hydrogens is 414 g/mol. The van der Waals surface area contributed by atoms with Gasteiger partial charge in [0.25, 0.3) is 0 Å². The molecule has 0 rings (SSSR count). The first kappa shape index (κ1) is 27.8. The number of carbonyl (C=O) groups is 6. The average molecular weight is 445 g/mol. The number of rotatable bonds is 14. The van der Waals surface area contributed by atoms with E-state index >= 15 is 0 Å². The minimum atomic E-state index is -1.57. The van der Waals surface area contributed by atoms with Crippen molar-refractivity contribution >= 4 is 35.6 Å². The molecule has 0 radical (unpaired) electrons. The van der Waals surface area contributed by atoms with Crippen molar-refractivity contribution in [3.8, 4) is 0 Å². The maximum absolute atomic E-state index is 12.4. The monoisotopic (exact) mass is 445 g/mol. The summed E-state index contributed by atoms with van der Waals surface area (Å²) in [5.41, 5.74) is 10.6. The molecule has 9 N–H and O–H groups in total. The first-order chi connectivity index (χ1) is 14.3. The van der Waals surface area contributed by atoms with E-state index < -0.39 is 72.1 Å². The molecule has 0 fully saturated rings. The SMILES string of the molecule is CCC(C)C(NC(=O)C(CC(=O)O)NC(=O)C(C)NC(=O)C(N)CCC(N)=O)C(=O)O. The summed E-state index contributed by atoms with van der Waals surface area (Å²) in [6.07, 6.45) is -0.530. The second kappa shape index (κ2) is 13.2. The number of carboxylic acid groups (broad SMARTS) is 2. The van der Waals surface area contributed by atoms with E-state index in [1.165, 1.54) is 6.92 Å². The van der Waals surface area contributed by atoms with Gasteiger partial charge in [0, 0.05) is 6.42 Å². The van der Waals surface area contributed by atoms with Crippen LogP contribution in [0.3, 0.4) is 0 Å². The van der Waals surface area contributed by atoms with Crippen LogP contribution >= 0.6 is 0 Å². The molecule has 176 valence electrons. The van der Waals surface area contributed by atoms with E-state index in [1.807, 2.05) is 0 Å². The maximum atomic E-state index is 12.4. The molecule has 0 saturated carbocycles. The summed E-state index contributed by atoms with van der Waals surface area (Å²) in [5, 5.41) is 25.0. The quantitative estimate of drug-likeness (QED) is 0.151. The van der Waals surface area contributed by atoms with Gasteiger partial charge < -0.3 is 37.6 Å². The maximum Gasteiger partial charge on any atom is 0.326 e. The fourth-order valence-electron chi connectivity index (χ4n) is 2.43. The van der Waals surface area contributed by atoms with Crippen LogP contribution in [0.4, 0.5) is 0 Å². The molecule has 0 bridgehead atoms. The van der Waals surface area contributed by atoms with E-state index in [4.69, 9.17) is 16.6 Å². The topological polar surface area (TPSA) is 231 Å². The number of primary amides is 1. The Hall–Kier alpha value is -3.22. The van der Waals surface area contributed by atoms with E-state index in [-0.39, 0.29) is 12.8 Å². The molecule has 0 aliphatic rings. The van der Waals surface area contributed by atoms with Crippen molar-refractivity contribution in [2.45, 2.75) is 70.6 Å². The Labute approximate surface area is 179 Å². The van der Waals surface area contributed by atoms with Crippen molar-refractivity contribution in [2.24, 2.45) is 17.4 Å². The van der Waals surface area contributed by atoms with Gasteiger partial charge in [-0.1, -0.05) is 20.3 Å². The van der Waals surface area contributed by atoms with Crippen LogP contribution in [0.25, 0.3) is 0 Å². The molecular formula is C18H31N5O8. The third-order valence-electron chi connectivity index (χ3n) is 4.58. The van der Waals surface area contributed by atoms with Gasteiger partial charge in [-0.2, -0.15) is 0 Å². The van der Waals surface area contributed by atoms with Crippen LogP contribution in [0, 0.1) is 5.92 Å². The van der Waals surface area contributed by atoms with Gasteiger partial charge in [-0.15, -0.1) is 0 Å². The molecule has 0 aromatic heterocycles. The zero-order valence-corrected chi connectivity index (χ0v) is 17.7. The average Bonchev–Trinajstić information content (AvgIpc) is 2.67. The lowest BCUT2D eigenvalue weighted by atomic mass is 9.98. The van der Waals surface area contributed by atoms with Crippen molar-refractivity contribution < 1.29 is 39.0 Å². The summed E-state index contributed by atoms with van der Waals surface area (Å²) < 4.78 is 0. The lowest BCUT2D eigenvalue weighted by Crippen LogP contribution is -2.57. The van der Waals surface area contributed by atoms with E-state index in [9.17, 15) is 33.9 Å². The number of carbonyl (C=O) groups excluding carboxylic acids is 4. The lowest BCUT2D eigenvalue weighted by Gasteiger charge is -2.25. The molecule has 0 saturated heterocycles. The van der Waals surface area contributed by atoms with Crippen LogP contribution < -0.4 is 27.4 Å². The van der Waals surface area contributed by atoms with Gasteiger partial charge >= 0.3 is 11.9 Å². The first-order valence-electron chi connectivity index (χ1n) is 9.69. The molecule has 4 amide bonds. The molecule has 0 spiro atoms. The van der Waals surface area contributed by atoms with Crippen molar-refractivity contribution in [1.29, 1.82) is 0 Å². The Kier molecular flexibility index (Phi) is 11.8. The summed E-state index contributed by atoms with van der Waals surface area (Å²) in [6, 6.07) is -5.14. The summed E-state index contributed by atoms with van der Waals surface area (Å²) >= 11 is 0. The van der Waals surface area contributed by atoms with E-state index in [1.54, 1.807) is 13.8 Å². The van der Waals surface area contributed by atoms with E-state index in [0.717, 1.165) is 0 Å². The van der Waals surface area contributed by atoms with E-state index in [0.29, 0.717) is 6.42 Å². The van der Waals surface area contributed by atoms with Crippen LogP contribution in [0.1, 0.15) is 46.5 Å². The van der Waals surface area contributed by atoms with Gasteiger partial charge in [0.2, 0.25) is 23.6 Å². The van der Waals surface area contributed by atoms with Crippen molar-refractivity contribution in [3.05, 3.63) is 0 Å². The molecule has 0 aromatic carbocycles. The number of hydrogen-bond acceptors (Lipinski definition) is 7. The second-order valence-electron chi connectivity index (χ2n) is 7.21. The van der Waals surface area contributed by atoms with Crippen LogP contribution in [-0.2, 0) is 28.8 Å². The Morgan fingerprint density at radius 3 is 1.94 bits per heavy atom. The first-order valence-corrected chi connectivity index (χ1v) is 9.69. The van der Waals surface area contributed by atoms with Gasteiger partial charge in [0.15, 0.2) is 0 Å². The zero-order valence-electron chi connectivity index (χ0n) is 17.7. The van der Waals surface area contributed by atoms with Gasteiger partial charge in [0.1, 0.15) is 18.1 Å². The number of hydrogen-bond donors (Lipinski definition) is 7. The van der Waals surface area contributed by atoms with E-state index in [2.05, 4.69) is 16.0 Å². The smallest absolute Gasteiger partial charge is 0.326 e. The lowest BCUT2D eigenvalue weighted by molar-refractivity contribution is -0.144. The molecule has 0 aliphatic carbocycles. The number of aliphatic carboxylic acids is 2. The standard InChI is InChI=1S/C18H31N5O8/c1-4-8(2)14(18(30)31)23-17(29)11(7-13(25)26)22-15(27)9(3)21-16(28)10(19)5-6-12(20)24/h8-11,14H,4-7,19H2,1-3H3,(H2,20,24)(H,21,28)(H,22,27)(H,23,29)(H,25,26)(H,30,31). The molecule has 0 aromatic rings. The molecule has 0 heterocycles. The number of nitrogens with one attached hydrogen (secondary N) is 3. The third kappa shape index (κ3) is 10.4. The highest BCUT2D eigenvalue weighted by Crippen LogP contribution is 2.09. The molecule has 5 atom stereocenters. The Bertz CT molecular complexity index is 698. The third-order valence-corrected chi connectivity index (χ3v) is 4.58. The number of carboxylic acids is 2. The van der Waals surface area contributed by atoms with Gasteiger partial charge in [-0.25, -0.2) is 4.79 Å². The fourth-order valence-corrected chi connectivity index (χ4v) is 2.43. The van der Waals surface area contributed by atoms with Crippen molar-refractivity contribution in [3.63, 3.8) is 0 Å². The Morgan fingerprint density at radius 1 is 0.903 bits per heavy atom. The summed E-state index contributed by atoms with van der Waals surface area (Å²) in [6.45, 7) is 4.60. The predicted molar refractivity (Wildman–Crippen MR) is 107 cm³/mol. The minimum absolute atomic E-state index is 0.0360. The van der Waals surface area contributed by atoms with Crippen molar-refractivity contribution in [1.82, 2.24) is 16.0 Å². The van der Waals surface area contributed by atoms with Gasteiger partial charge in [0.05, 0.1) is 12.5 Å². The van der Waals surface area contributed by atoms with Gasteiger partial charge in [-0.3, -0.25) is 24.0 Å². The molecule has 31 heavy (non-hydrogen) atoms. The Balaban J connectivity index is 5.13. The molecule has 13 heteroatoms. The molecule has 13 nitrogen and oxygen atoms in total.